The van der Waals surface area contributed by atoms with Gasteiger partial charge in [-0.1, -0.05) is 41.4 Å². The number of hydrogen-bond donors (Lipinski definition) is 2. The number of benzene rings is 1. The van der Waals surface area contributed by atoms with Crippen molar-refractivity contribution in [3.8, 4) is 0 Å². The fraction of sp³-hybridized carbons (Fsp3) is 0.0667. The van der Waals surface area contributed by atoms with Crippen LogP contribution < -0.4 is 10.9 Å². The Balaban J connectivity index is 1.75. The highest BCUT2D eigenvalue weighted by Gasteiger charge is 2.19. The van der Waals surface area contributed by atoms with Gasteiger partial charge in [0.15, 0.2) is 5.76 Å². The van der Waals surface area contributed by atoms with Gasteiger partial charge in [-0.2, -0.15) is 0 Å². The molecule has 2 aromatic heterocycles. The molecular formula is C15H10Cl2N2O3S. The van der Waals surface area contributed by atoms with Gasteiger partial charge in [0, 0.05) is 10.9 Å². The average molecular weight is 369 g/mol. The third kappa shape index (κ3) is 3.06. The number of halogens is 2. The molecule has 0 aliphatic heterocycles. The average Bonchev–Trinajstić information content (AvgIpc) is 3.05. The summed E-state index contributed by atoms with van der Waals surface area (Å²) in [5.41, 5.74) is 6.10. The lowest BCUT2D eigenvalue weighted by molar-refractivity contribution is 0.0832. The lowest BCUT2D eigenvalue weighted by Gasteiger charge is -2.05. The molecule has 0 atom stereocenters. The lowest BCUT2D eigenvalue weighted by Crippen LogP contribution is -2.41. The number of fused-ring (bicyclic) bond motifs is 1. The van der Waals surface area contributed by atoms with Crippen molar-refractivity contribution in [3.63, 3.8) is 0 Å². The molecule has 0 bridgehead atoms. The largest absolute Gasteiger partial charge is 0.451 e. The second-order valence-electron chi connectivity index (χ2n) is 4.70. The van der Waals surface area contributed by atoms with Gasteiger partial charge in [0.25, 0.3) is 5.91 Å². The van der Waals surface area contributed by atoms with Crippen LogP contribution in [0.1, 0.15) is 26.5 Å². The summed E-state index contributed by atoms with van der Waals surface area (Å²) in [4.78, 5) is 24.2. The Kier molecular flexibility index (Phi) is 4.30. The van der Waals surface area contributed by atoms with Crippen LogP contribution in [0.5, 0.6) is 0 Å². The number of hydrogen-bond acceptors (Lipinski definition) is 4. The zero-order chi connectivity index (χ0) is 16.6. The van der Waals surface area contributed by atoms with Gasteiger partial charge in [-0.3, -0.25) is 20.4 Å². The Labute approximate surface area is 145 Å². The van der Waals surface area contributed by atoms with Gasteiger partial charge in [-0.15, -0.1) is 11.3 Å². The van der Waals surface area contributed by atoms with Gasteiger partial charge in [0.1, 0.15) is 9.92 Å². The number of thiophene rings is 1. The smallest absolute Gasteiger partial charge is 0.305 e. The first-order valence-electron chi connectivity index (χ1n) is 6.51. The van der Waals surface area contributed by atoms with E-state index in [9.17, 15) is 9.59 Å². The van der Waals surface area contributed by atoms with Crippen LogP contribution in [-0.2, 0) is 0 Å². The van der Waals surface area contributed by atoms with E-state index < -0.39 is 11.8 Å². The maximum atomic E-state index is 12.2. The Morgan fingerprint density at radius 2 is 1.83 bits per heavy atom. The molecular weight excluding hydrogens is 359 g/mol. The van der Waals surface area contributed by atoms with Crippen LogP contribution in [0, 0.1) is 6.92 Å². The Bertz CT molecular complexity index is 917. The minimum atomic E-state index is -0.555. The first-order chi connectivity index (χ1) is 11.0. The number of furan rings is 1. The van der Waals surface area contributed by atoms with Crippen molar-refractivity contribution in [2.45, 2.75) is 6.92 Å². The maximum absolute atomic E-state index is 12.2. The summed E-state index contributed by atoms with van der Waals surface area (Å²) in [6, 6.07) is 8.73. The summed E-state index contributed by atoms with van der Waals surface area (Å²) in [6.07, 6.45) is 0. The normalized spacial score (nSPS) is 10.7. The molecule has 8 heteroatoms. The van der Waals surface area contributed by atoms with Crippen molar-refractivity contribution in [1.29, 1.82) is 0 Å². The van der Waals surface area contributed by atoms with Gasteiger partial charge in [0.05, 0.1) is 9.90 Å². The van der Waals surface area contributed by atoms with Gasteiger partial charge in [-0.25, -0.2) is 0 Å². The Morgan fingerprint density at radius 1 is 1.13 bits per heavy atom. The number of nitrogens with one attached hydrogen (secondary N) is 2. The molecule has 23 heavy (non-hydrogen) atoms. The Hall–Kier alpha value is -2.02. The molecule has 0 fully saturated rings. The second-order valence-corrected chi connectivity index (χ2v) is 6.98. The summed E-state index contributed by atoms with van der Waals surface area (Å²) in [5, 5.41) is 0.844. The number of carbonyl (C=O) groups excluding carboxylic acids is 2. The van der Waals surface area contributed by atoms with Gasteiger partial charge in [-0.05, 0) is 19.1 Å². The van der Waals surface area contributed by atoms with E-state index in [1.807, 2.05) is 18.2 Å². The molecule has 3 aromatic rings. The van der Waals surface area contributed by atoms with Crippen LogP contribution in [0.3, 0.4) is 0 Å². The molecule has 118 valence electrons. The van der Waals surface area contributed by atoms with E-state index in [1.54, 1.807) is 13.0 Å². The number of aryl methyl sites for hydroxylation is 1. The van der Waals surface area contributed by atoms with E-state index in [0.717, 1.165) is 16.7 Å². The highest BCUT2D eigenvalue weighted by Crippen LogP contribution is 2.31. The molecule has 0 aliphatic carbocycles. The third-order valence-corrected chi connectivity index (χ3v) is 4.73. The number of amides is 2. The van der Waals surface area contributed by atoms with Gasteiger partial charge in [0.2, 0.25) is 0 Å². The zero-order valence-electron chi connectivity index (χ0n) is 11.8. The van der Waals surface area contributed by atoms with Crippen LogP contribution in [0.4, 0.5) is 0 Å². The lowest BCUT2D eigenvalue weighted by atomic mass is 10.1. The molecule has 5 nitrogen and oxygen atoms in total. The molecule has 3 rings (SSSR count). The van der Waals surface area contributed by atoms with E-state index in [1.165, 1.54) is 6.07 Å². The van der Waals surface area contributed by atoms with Crippen molar-refractivity contribution in [1.82, 2.24) is 10.9 Å². The number of hydrazine groups is 1. The number of carbonyl (C=O) groups is 2. The quantitative estimate of drug-likeness (QED) is 0.666. The molecule has 0 radical (unpaired) electrons. The van der Waals surface area contributed by atoms with Gasteiger partial charge >= 0.3 is 5.91 Å². The third-order valence-electron chi connectivity index (χ3n) is 3.24. The van der Waals surface area contributed by atoms with Crippen LogP contribution in [0.25, 0.3) is 11.0 Å². The molecule has 0 saturated carbocycles. The SMILES string of the molecule is Cc1c(C(=O)NNC(=O)c2cc(Cl)sc2Cl)oc2ccccc12. The zero-order valence-corrected chi connectivity index (χ0v) is 14.1. The highest BCUT2D eigenvalue weighted by atomic mass is 35.5. The van der Waals surface area contributed by atoms with Gasteiger partial charge < -0.3 is 4.42 Å². The fourth-order valence-corrected chi connectivity index (χ4v) is 3.58. The standard InChI is InChI=1S/C15H10Cl2N2O3S/c1-7-8-4-2-3-5-10(8)22-12(7)15(21)19-18-14(20)9-6-11(16)23-13(9)17/h2-6H,1H3,(H,18,20)(H,19,21). The topological polar surface area (TPSA) is 71.3 Å². The van der Waals surface area contributed by atoms with Crippen LogP contribution in [0.15, 0.2) is 34.7 Å². The molecule has 0 saturated heterocycles. The Morgan fingerprint density at radius 3 is 2.48 bits per heavy atom. The number of para-hydroxylation sites is 1. The minimum absolute atomic E-state index is 0.140. The van der Waals surface area contributed by atoms with Crippen molar-refractivity contribution in [2.75, 3.05) is 0 Å². The van der Waals surface area contributed by atoms with Crippen LogP contribution in [-0.4, -0.2) is 11.8 Å². The molecule has 2 heterocycles. The second kappa shape index (κ2) is 6.23. The summed E-state index contributed by atoms with van der Waals surface area (Å²) >= 11 is 12.8. The molecule has 0 aliphatic rings. The summed E-state index contributed by atoms with van der Waals surface area (Å²) in [7, 11) is 0. The maximum Gasteiger partial charge on any atom is 0.305 e. The van der Waals surface area contributed by atoms with Crippen molar-refractivity contribution >= 4 is 57.3 Å². The van der Waals surface area contributed by atoms with E-state index in [2.05, 4.69) is 10.9 Å². The van der Waals surface area contributed by atoms with E-state index >= 15 is 0 Å². The summed E-state index contributed by atoms with van der Waals surface area (Å²) in [6.45, 7) is 1.78. The predicted octanol–water partition coefficient (Wildman–Crippen LogP) is 4.18. The summed E-state index contributed by atoms with van der Waals surface area (Å²) < 4.78 is 6.16. The first-order valence-corrected chi connectivity index (χ1v) is 8.08. The molecule has 0 unspecified atom stereocenters. The molecule has 1 aromatic carbocycles. The van der Waals surface area contributed by atoms with Crippen molar-refractivity contribution in [3.05, 3.63) is 55.9 Å². The van der Waals surface area contributed by atoms with E-state index in [0.29, 0.717) is 15.5 Å². The van der Waals surface area contributed by atoms with E-state index in [4.69, 9.17) is 27.6 Å². The first kappa shape index (κ1) is 15.9. The van der Waals surface area contributed by atoms with Crippen molar-refractivity contribution < 1.29 is 14.0 Å². The van der Waals surface area contributed by atoms with Crippen molar-refractivity contribution in [2.24, 2.45) is 0 Å². The monoisotopic (exact) mass is 368 g/mol. The molecule has 2 N–H and O–H groups in total. The van der Waals surface area contributed by atoms with Crippen LogP contribution in [0.2, 0.25) is 8.67 Å². The highest BCUT2D eigenvalue weighted by molar-refractivity contribution is 7.20. The summed E-state index contributed by atoms with van der Waals surface area (Å²) in [5.74, 6) is -0.967. The molecule has 0 spiro atoms. The molecule has 2 amide bonds. The predicted molar refractivity (Wildman–Crippen MR) is 90.2 cm³/mol. The number of rotatable bonds is 2. The minimum Gasteiger partial charge on any atom is -0.451 e. The fourth-order valence-electron chi connectivity index (χ4n) is 2.12. The van der Waals surface area contributed by atoms with Crippen LogP contribution >= 0.6 is 34.5 Å². The van der Waals surface area contributed by atoms with E-state index in [-0.39, 0.29) is 15.7 Å².